The van der Waals surface area contributed by atoms with Crippen LogP contribution in [0.2, 0.25) is 0 Å². The molecule has 2 heterocycles. The predicted octanol–water partition coefficient (Wildman–Crippen LogP) is -1.76. The highest BCUT2D eigenvalue weighted by molar-refractivity contribution is 6.17. The summed E-state index contributed by atoms with van der Waals surface area (Å²) in [4.78, 5) is 39.9. The van der Waals surface area contributed by atoms with Crippen LogP contribution < -0.4 is 22.5 Å². The van der Waals surface area contributed by atoms with Crippen molar-refractivity contribution < 1.29 is 9.59 Å². The number of hydrogen-bond donors (Lipinski definition) is 3. The minimum absolute atomic E-state index is 0.0153. The lowest BCUT2D eigenvalue weighted by Gasteiger charge is -2.14. The molecule has 25 heavy (non-hydrogen) atoms. The predicted molar refractivity (Wildman–Crippen MR) is 89.1 cm³/mol. The van der Waals surface area contributed by atoms with Gasteiger partial charge in [0.15, 0.2) is 11.3 Å². The number of aryl methyl sites for hydroxylation is 1. The normalized spacial score (nSPS) is 12.2. The van der Waals surface area contributed by atoms with Crippen LogP contribution in [0.5, 0.6) is 0 Å². The Morgan fingerprint density at radius 3 is 2.76 bits per heavy atom. The van der Waals surface area contributed by atoms with Crippen LogP contribution in [0.3, 0.4) is 0 Å². The Labute approximate surface area is 147 Å². The molecule has 0 aliphatic carbocycles. The maximum atomic E-state index is 12.4. The Kier molecular flexibility index (Phi) is 6.42. The van der Waals surface area contributed by atoms with Gasteiger partial charge in [0.2, 0.25) is 5.91 Å². The van der Waals surface area contributed by atoms with E-state index in [1.807, 2.05) is 0 Å². The monoisotopic (exact) mass is 370 g/mol. The third kappa shape index (κ3) is 4.31. The van der Waals surface area contributed by atoms with E-state index in [0.717, 1.165) is 9.08 Å². The van der Waals surface area contributed by atoms with Crippen molar-refractivity contribution in [2.75, 3.05) is 12.4 Å². The number of rotatable bonds is 9. The average molecular weight is 371 g/mol. The fraction of sp³-hybridized carbons (Fsp3) is 0.538. The lowest BCUT2D eigenvalue weighted by atomic mass is 10.1. The van der Waals surface area contributed by atoms with Crippen molar-refractivity contribution in [1.82, 2.24) is 29.7 Å². The zero-order chi connectivity index (χ0) is 18.4. The summed E-state index contributed by atoms with van der Waals surface area (Å²) in [5.41, 5.74) is 10.1. The van der Waals surface area contributed by atoms with E-state index >= 15 is 0 Å². The maximum absolute atomic E-state index is 12.4. The number of amides is 2. The standard InChI is InChI=1S/C13H19ClN8O3/c14-4-6-22-13(25)21-7-17-9(11(21)19-20-22)12(24)18-8(10(16)23)3-1-2-5-15/h7-8H,1-6,15H2,(H2,16,23)(H,18,24)/t8-/m0/s1. The van der Waals surface area contributed by atoms with Gasteiger partial charge in [0.25, 0.3) is 5.91 Å². The quantitative estimate of drug-likeness (QED) is 0.347. The van der Waals surface area contributed by atoms with Crippen molar-refractivity contribution in [3.8, 4) is 0 Å². The van der Waals surface area contributed by atoms with Crippen molar-refractivity contribution in [1.29, 1.82) is 0 Å². The number of carbonyl (C=O) groups is 2. The first-order valence-corrected chi connectivity index (χ1v) is 8.20. The Bertz CT molecular complexity index is 817. The molecule has 136 valence electrons. The molecule has 11 nitrogen and oxygen atoms in total. The van der Waals surface area contributed by atoms with E-state index in [-0.39, 0.29) is 23.8 Å². The number of nitrogens with one attached hydrogen (secondary N) is 1. The molecule has 12 heteroatoms. The highest BCUT2D eigenvalue weighted by atomic mass is 35.5. The summed E-state index contributed by atoms with van der Waals surface area (Å²) in [5, 5.41) is 10.0. The van der Waals surface area contributed by atoms with E-state index in [4.69, 9.17) is 23.1 Å². The van der Waals surface area contributed by atoms with Crippen LogP contribution >= 0.6 is 11.6 Å². The number of fused-ring (bicyclic) bond motifs is 1. The van der Waals surface area contributed by atoms with Crippen LogP contribution in [0.15, 0.2) is 11.1 Å². The van der Waals surface area contributed by atoms with Gasteiger partial charge in [-0.25, -0.2) is 14.2 Å². The Morgan fingerprint density at radius 1 is 1.36 bits per heavy atom. The summed E-state index contributed by atoms with van der Waals surface area (Å²) >= 11 is 5.59. The van der Waals surface area contributed by atoms with Crippen molar-refractivity contribution in [2.24, 2.45) is 11.5 Å². The number of aromatic nitrogens is 5. The van der Waals surface area contributed by atoms with Crippen LogP contribution in [0, 0.1) is 0 Å². The van der Waals surface area contributed by atoms with Crippen molar-refractivity contribution in [2.45, 2.75) is 31.8 Å². The first-order valence-electron chi connectivity index (χ1n) is 7.66. The van der Waals surface area contributed by atoms with Gasteiger partial charge in [-0.15, -0.1) is 16.7 Å². The van der Waals surface area contributed by atoms with Crippen LogP contribution in [0.25, 0.3) is 5.65 Å². The third-order valence-corrected chi connectivity index (χ3v) is 3.69. The molecule has 0 aliphatic heterocycles. The Balaban J connectivity index is 2.22. The average Bonchev–Trinajstić information content (AvgIpc) is 3.01. The number of hydrogen-bond acceptors (Lipinski definition) is 7. The fourth-order valence-electron chi connectivity index (χ4n) is 2.22. The summed E-state index contributed by atoms with van der Waals surface area (Å²) in [6.45, 7) is 0.656. The minimum atomic E-state index is -0.861. The summed E-state index contributed by atoms with van der Waals surface area (Å²) in [6, 6.07) is -0.861. The van der Waals surface area contributed by atoms with Gasteiger partial charge in [-0.1, -0.05) is 5.21 Å². The van der Waals surface area contributed by atoms with Gasteiger partial charge >= 0.3 is 5.69 Å². The molecule has 2 aromatic heterocycles. The first kappa shape index (κ1) is 18.8. The smallest absolute Gasteiger partial charge is 0.353 e. The summed E-state index contributed by atoms with van der Waals surface area (Å²) < 4.78 is 2.14. The summed E-state index contributed by atoms with van der Waals surface area (Å²) in [6.07, 6.45) is 2.87. The van der Waals surface area contributed by atoms with E-state index < -0.39 is 23.5 Å². The molecule has 2 rings (SSSR count). The van der Waals surface area contributed by atoms with E-state index in [2.05, 4.69) is 20.6 Å². The minimum Gasteiger partial charge on any atom is -0.368 e. The first-order chi connectivity index (χ1) is 12.0. The molecule has 0 aliphatic rings. The van der Waals surface area contributed by atoms with Crippen LogP contribution in [0.4, 0.5) is 0 Å². The molecule has 0 spiro atoms. The second kappa shape index (κ2) is 8.53. The Hall–Kier alpha value is -2.53. The molecule has 0 aromatic carbocycles. The zero-order valence-corrected chi connectivity index (χ0v) is 14.1. The van der Waals surface area contributed by atoms with Gasteiger partial charge in [-0.3, -0.25) is 9.59 Å². The van der Waals surface area contributed by atoms with Gasteiger partial charge in [0, 0.05) is 5.88 Å². The molecule has 1 atom stereocenters. The number of imidazole rings is 1. The molecule has 0 unspecified atom stereocenters. The maximum Gasteiger partial charge on any atom is 0.353 e. The molecule has 2 aromatic rings. The van der Waals surface area contributed by atoms with E-state index in [9.17, 15) is 14.4 Å². The number of carbonyl (C=O) groups excluding carboxylic acids is 2. The van der Waals surface area contributed by atoms with Gasteiger partial charge in [0.05, 0.1) is 6.54 Å². The number of alkyl halides is 1. The highest BCUT2D eigenvalue weighted by Crippen LogP contribution is 2.06. The van der Waals surface area contributed by atoms with Crippen LogP contribution in [0.1, 0.15) is 29.8 Å². The molecule has 5 N–H and O–H groups in total. The molecule has 2 amide bonds. The SMILES string of the molecule is NCCCC[C@H](NC(=O)c1ncn2c(=O)n(CCCl)nnc12)C(N)=O. The third-order valence-electron chi connectivity index (χ3n) is 3.52. The topological polar surface area (TPSA) is 163 Å². The number of primary amides is 1. The van der Waals surface area contributed by atoms with Crippen molar-refractivity contribution >= 4 is 29.1 Å². The molecule has 0 fully saturated rings. The molecular formula is C13H19ClN8O3. The number of nitrogens with zero attached hydrogens (tertiary/aromatic N) is 5. The number of unbranched alkanes of at least 4 members (excludes halogenated alkanes) is 1. The van der Waals surface area contributed by atoms with Gasteiger partial charge in [-0.2, -0.15) is 4.68 Å². The lowest BCUT2D eigenvalue weighted by molar-refractivity contribution is -0.120. The molecular weight excluding hydrogens is 352 g/mol. The molecule has 0 radical (unpaired) electrons. The van der Waals surface area contributed by atoms with Crippen LogP contribution in [-0.2, 0) is 11.3 Å². The van der Waals surface area contributed by atoms with Crippen molar-refractivity contribution in [3.63, 3.8) is 0 Å². The molecule has 0 bridgehead atoms. The van der Waals surface area contributed by atoms with E-state index in [1.165, 1.54) is 6.33 Å². The summed E-state index contributed by atoms with van der Waals surface area (Å²) in [7, 11) is 0. The van der Waals surface area contributed by atoms with Gasteiger partial charge in [-0.05, 0) is 25.8 Å². The zero-order valence-electron chi connectivity index (χ0n) is 13.4. The van der Waals surface area contributed by atoms with Crippen LogP contribution in [-0.4, -0.2) is 54.7 Å². The van der Waals surface area contributed by atoms with Crippen molar-refractivity contribution in [3.05, 3.63) is 22.5 Å². The van der Waals surface area contributed by atoms with Gasteiger partial charge < -0.3 is 16.8 Å². The second-order valence-electron chi connectivity index (χ2n) is 5.28. The largest absolute Gasteiger partial charge is 0.368 e. The van der Waals surface area contributed by atoms with E-state index in [0.29, 0.717) is 25.8 Å². The fourth-order valence-corrected chi connectivity index (χ4v) is 2.38. The number of halogens is 1. The number of nitrogens with two attached hydrogens (primary N) is 2. The molecule has 0 saturated carbocycles. The van der Waals surface area contributed by atoms with Gasteiger partial charge in [0.1, 0.15) is 12.4 Å². The second-order valence-corrected chi connectivity index (χ2v) is 5.66. The lowest BCUT2D eigenvalue weighted by Crippen LogP contribution is -2.44. The highest BCUT2D eigenvalue weighted by Gasteiger charge is 2.23. The van der Waals surface area contributed by atoms with E-state index in [1.54, 1.807) is 0 Å². The molecule has 0 saturated heterocycles. The summed E-state index contributed by atoms with van der Waals surface area (Å²) in [5.74, 6) is -1.14. The Morgan fingerprint density at radius 2 is 2.12 bits per heavy atom.